The molecule has 0 saturated carbocycles. The fraction of sp³-hybridized carbons (Fsp3) is 0.385. The number of rotatable bonds is 5. The molecule has 0 aliphatic carbocycles. The van der Waals surface area contributed by atoms with E-state index in [1.165, 1.54) is 0 Å². The van der Waals surface area contributed by atoms with Gasteiger partial charge < -0.3 is 9.88 Å². The third-order valence-corrected chi connectivity index (χ3v) is 2.88. The van der Waals surface area contributed by atoms with E-state index in [0.717, 1.165) is 16.9 Å². The minimum Gasteiger partial charge on any atom is -0.330 e. The standard InChI is InChI=1S/C13H17N3O/c1-3-10(17)8-14-9-13-15-11-6-4-5-7-12(11)16(13)2/h4-7,14H,3,8-9H2,1-2H3. The maximum atomic E-state index is 11.2. The lowest BCUT2D eigenvalue weighted by atomic mass is 10.3. The topological polar surface area (TPSA) is 46.9 Å². The highest BCUT2D eigenvalue weighted by molar-refractivity contribution is 5.80. The molecule has 4 nitrogen and oxygen atoms in total. The summed E-state index contributed by atoms with van der Waals surface area (Å²) >= 11 is 0. The number of carbonyl (C=O) groups is 1. The third-order valence-electron chi connectivity index (χ3n) is 2.88. The Bertz CT molecular complexity index is 530. The van der Waals surface area contributed by atoms with E-state index < -0.39 is 0 Å². The normalized spacial score (nSPS) is 10.9. The second kappa shape index (κ2) is 5.10. The van der Waals surface area contributed by atoms with Crippen molar-refractivity contribution in [2.75, 3.05) is 6.54 Å². The molecule has 17 heavy (non-hydrogen) atoms. The van der Waals surface area contributed by atoms with Gasteiger partial charge in [0.25, 0.3) is 0 Å². The van der Waals surface area contributed by atoms with Crippen molar-refractivity contribution in [3.8, 4) is 0 Å². The van der Waals surface area contributed by atoms with Crippen LogP contribution in [0.5, 0.6) is 0 Å². The predicted octanol–water partition coefficient (Wildman–Crippen LogP) is 1.64. The quantitative estimate of drug-likeness (QED) is 0.851. The molecule has 4 heteroatoms. The molecule has 0 fully saturated rings. The van der Waals surface area contributed by atoms with Gasteiger partial charge in [-0.2, -0.15) is 0 Å². The second-order valence-electron chi connectivity index (χ2n) is 4.07. The van der Waals surface area contributed by atoms with Gasteiger partial charge in [0.2, 0.25) is 0 Å². The highest BCUT2D eigenvalue weighted by Crippen LogP contribution is 2.13. The van der Waals surface area contributed by atoms with Crippen LogP contribution in [0.3, 0.4) is 0 Å². The molecule has 0 bridgehead atoms. The van der Waals surface area contributed by atoms with Crippen LogP contribution in [0, 0.1) is 0 Å². The fourth-order valence-electron chi connectivity index (χ4n) is 1.79. The van der Waals surface area contributed by atoms with E-state index in [2.05, 4.69) is 14.9 Å². The first-order chi connectivity index (χ1) is 8.22. The fourth-order valence-corrected chi connectivity index (χ4v) is 1.79. The molecule has 1 aromatic carbocycles. The summed E-state index contributed by atoms with van der Waals surface area (Å²) in [6, 6.07) is 8.02. The van der Waals surface area contributed by atoms with E-state index in [1.807, 2.05) is 38.2 Å². The van der Waals surface area contributed by atoms with Crippen LogP contribution in [0.4, 0.5) is 0 Å². The molecule has 0 radical (unpaired) electrons. The molecule has 0 saturated heterocycles. The molecule has 1 heterocycles. The molecule has 0 aliphatic rings. The first kappa shape index (κ1) is 11.8. The number of hydrogen-bond acceptors (Lipinski definition) is 3. The smallest absolute Gasteiger partial charge is 0.146 e. The van der Waals surface area contributed by atoms with E-state index in [9.17, 15) is 4.79 Å². The predicted molar refractivity (Wildman–Crippen MR) is 67.7 cm³/mol. The van der Waals surface area contributed by atoms with E-state index in [1.54, 1.807) is 0 Å². The molecule has 2 rings (SSSR count). The van der Waals surface area contributed by atoms with Crippen LogP contribution in [0.25, 0.3) is 11.0 Å². The molecule has 0 amide bonds. The molecule has 1 N–H and O–H groups in total. The van der Waals surface area contributed by atoms with Crippen LogP contribution < -0.4 is 5.32 Å². The van der Waals surface area contributed by atoms with Gasteiger partial charge in [-0.1, -0.05) is 19.1 Å². The molecule has 1 aromatic heterocycles. The Labute approximate surface area is 101 Å². The van der Waals surface area contributed by atoms with E-state index in [0.29, 0.717) is 19.5 Å². The molecule has 0 aliphatic heterocycles. The Kier molecular flexibility index (Phi) is 3.54. The average Bonchev–Trinajstić information content (AvgIpc) is 2.67. The first-order valence-electron chi connectivity index (χ1n) is 5.85. The molecule has 90 valence electrons. The van der Waals surface area contributed by atoms with Crippen LogP contribution in [0.1, 0.15) is 19.2 Å². The zero-order valence-corrected chi connectivity index (χ0v) is 10.2. The average molecular weight is 231 g/mol. The monoisotopic (exact) mass is 231 g/mol. The Morgan fingerprint density at radius 3 is 2.88 bits per heavy atom. The van der Waals surface area contributed by atoms with Crippen molar-refractivity contribution in [1.82, 2.24) is 14.9 Å². The van der Waals surface area contributed by atoms with Crippen molar-refractivity contribution in [2.24, 2.45) is 7.05 Å². The van der Waals surface area contributed by atoms with Gasteiger partial charge in [-0.3, -0.25) is 4.79 Å². The van der Waals surface area contributed by atoms with E-state index >= 15 is 0 Å². The van der Waals surface area contributed by atoms with Crippen molar-refractivity contribution in [2.45, 2.75) is 19.9 Å². The summed E-state index contributed by atoms with van der Waals surface area (Å²) in [5.41, 5.74) is 2.11. The molecule has 0 atom stereocenters. The number of hydrogen-bond donors (Lipinski definition) is 1. The van der Waals surface area contributed by atoms with Gasteiger partial charge in [0.1, 0.15) is 11.6 Å². The number of imidazole rings is 1. The summed E-state index contributed by atoms with van der Waals surface area (Å²) in [5.74, 6) is 1.18. The Morgan fingerprint density at radius 1 is 1.41 bits per heavy atom. The third kappa shape index (κ3) is 2.53. The lowest BCUT2D eigenvalue weighted by molar-refractivity contribution is -0.117. The maximum absolute atomic E-state index is 11.2. The molecule has 0 spiro atoms. The zero-order valence-electron chi connectivity index (χ0n) is 10.2. The summed E-state index contributed by atoms with van der Waals surface area (Å²) in [6.07, 6.45) is 0.579. The lowest BCUT2D eigenvalue weighted by Crippen LogP contribution is -2.23. The summed E-state index contributed by atoms with van der Waals surface area (Å²) in [6.45, 7) is 2.91. The van der Waals surface area contributed by atoms with Gasteiger partial charge in [0.05, 0.1) is 24.1 Å². The van der Waals surface area contributed by atoms with Crippen LogP contribution in [0.2, 0.25) is 0 Å². The van der Waals surface area contributed by atoms with Crippen molar-refractivity contribution >= 4 is 16.8 Å². The van der Waals surface area contributed by atoms with Crippen LogP contribution in [-0.2, 0) is 18.4 Å². The number of Topliss-reactive ketones (excluding diaryl/α,β-unsaturated/α-hetero) is 1. The van der Waals surface area contributed by atoms with Crippen LogP contribution >= 0.6 is 0 Å². The summed E-state index contributed by atoms with van der Waals surface area (Å²) < 4.78 is 2.05. The summed E-state index contributed by atoms with van der Waals surface area (Å²) in [7, 11) is 1.99. The van der Waals surface area contributed by atoms with Gasteiger partial charge in [0, 0.05) is 13.5 Å². The SMILES string of the molecule is CCC(=O)CNCc1nc2ccccc2n1C. The minimum atomic E-state index is 0.226. The molecular weight excluding hydrogens is 214 g/mol. The number of fused-ring (bicyclic) bond motifs is 1. The first-order valence-corrected chi connectivity index (χ1v) is 5.85. The van der Waals surface area contributed by atoms with Gasteiger partial charge in [0.15, 0.2) is 0 Å². The summed E-state index contributed by atoms with van der Waals surface area (Å²) in [4.78, 5) is 15.7. The maximum Gasteiger partial charge on any atom is 0.146 e. The van der Waals surface area contributed by atoms with Crippen LogP contribution in [0.15, 0.2) is 24.3 Å². The number of ketones is 1. The minimum absolute atomic E-state index is 0.226. The van der Waals surface area contributed by atoms with Crippen molar-refractivity contribution in [3.63, 3.8) is 0 Å². The summed E-state index contributed by atoms with van der Waals surface area (Å²) in [5, 5.41) is 3.12. The number of para-hydroxylation sites is 2. The number of nitrogens with one attached hydrogen (secondary N) is 1. The van der Waals surface area contributed by atoms with Crippen molar-refractivity contribution in [1.29, 1.82) is 0 Å². The number of aryl methyl sites for hydroxylation is 1. The highest BCUT2D eigenvalue weighted by Gasteiger charge is 2.06. The lowest BCUT2D eigenvalue weighted by Gasteiger charge is -2.03. The Morgan fingerprint density at radius 2 is 2.18 bits per heavy atom. The van der Waals surface area contributed by atoms with Crippen LogP contribution in [-0.4, -0.2) is 21.9 Å². The van der Waals surface area contributed by atoms with Crippen molar-refractivity contribution in [3.05, 3.63) is 30.1 Å². The molecular formula is C13H17N3O. The van der Waals surface area contributed by atoms with Crippen molar-refractivity contribution < 1.29 is 4.79 Å². The number of carbonyl (C=O) groups excluding carboxylic acids is 1. The van der Waals surface area contributed by atoms with E-state index in [-0.39, 0.29) is 5.78 Å². The highest BCUT2D eigenvalue weighted by atomic mass is 16.1. The molecule has 0 unspecified atom stereocenters. The number of aromatic nitrogens is 2. The Balaban J connectivity index is 2.09. The number of nitrogens with zero attached hydrogens (tertiary/aromatic N) is 2. The largest absolute Gasteiger partial charge is 0.330 e. The van der Waals surface area contributed by atoms with Gasteiger partial charge >= 0.3 is 0 Å². The van der Waals surface area contributed by atoms with Gasteiger partial charge in [-0.15, -0.1) is 0 Å². The zero-order chi connectivity index (χ0) is 12.3. The van der Waals surface area contributed by atoms with E-state index in [4.69, 9.17) is 0 Å². The Hall–Kier alpha value is -1.68. The second-order valence-corrected chi connectivity index (χ2v) is 4.07. The van der Waals surface area contributed by atoms with Gasteiger partial charge in [-0.25, -0.2) is 4.98 Å². The molecule has 2 aromatic rings. The van der Waals surface area contributed by atoms with Gasteiger partial charge in [-0.05, 0) is 12.1 Å². The number of benzene rings is 1.